The highest BCUT2D eigenvalue weighted by molar-refractivity contribution is 9.10. The first-order valence-electron chi connectivity index (χ1n) is 6.54. The van der Waals surface area contributed by atoms with Crippen LogP contribution in [0.5, 0.6) is 11.5 Å². The largest absolute Gasteiger partial charge is 0.496 e. The highest BCUT2D eigenvalue weighted by Gasteiger charge is 2.24. The van der Waals surface area contributed by atoms with Crippen LogP contribution in [0.25, 0.3) is 0 Å². The van der Waals surface area contributed by atoms with Crippen LogP contribution in [-0.2, 0) is 6.54 Å². The second-order valence-electron chi connectivity index (χ2n) is 4.67. The van der Waals surface area contributed by atoms with E-state index in [1.54, 1.807) is 14.2 Å². The Morgan fingerprint density at radius 1 is 1.26 bits per heavy atom. The number of nitrogens with zero attached hydrogens (tertiary/aromatic N) is 1. The zero-order valence-electron chi connectivity index (χ0n) is 11.7. The minimum atomic E-state index is 0.629. The van der Waals surface area contributed by atoms with Gasteiger partial charge in [0.2, 0.25) is 0 Å². The third kappa shape index (κ3) is 3.22. The molecule has 0 atom stereocenters. The molecular weight excluding hydrogens is 308 g/mol. The number of likely N-dealkylation sites (N-methyl/N-ethyl adjacent to an activating group) is 1. The van der Waals surface area contributed by atoms with E-state index in [0.29, 0.717) is 6.04 Å². The molecule has 1 heterocycles. The number of halogens is 1. The maximum atomic E-state index is 5.47. The quantitative estimate of drug-likeness (QED) is 0.868. The lowest BCUT2D eigenvalue weighted by molar-refractivity contribution is 0.144. The van der Waals surface area contributed by atoms with Gasteiger partial charge in [-0.1, -0.05) is 6.92 Å². The zero-order valence-corrected chi connectivity index (χ0v) is 13.3. The van der Waals surface area contributed by atoms with Gasteiger partial charge in [0.05, 0.1) is 18.7 Å². The van der Waals surface area contributed by atoms with E-state index in [9.17, 15) is 0 Å². The van der Waals surface area contributed by atoms with E-state index >= 15 is 0 Å². The van der Waals surface area contributed by atoms with Crippen LogP contribution < -0.4 is 14.8 Å². The molecule has 0 aliphatic carbocycles. The fraction of sp³-hybridized carbons (Fsp3) is 0.571. The van der Waals surface area contributed by atoms with Crippen molar-refractivity contribution in [2.45, 2.75) is 19.5 Å². The van der Waals surface area contributed by atoms with Crippen LogP contribution in [0.1, 0.15) is 12.5 Å². The molecule has 0 bridgehead atoms. The summed E-state index contributed by atoms with van der Waals surface area (Å²) in [5.74, 6) is 1.75. The summed E-state index contributed by atoms with van der Waals surface area (Å²) in [6.07, 6.45) is 0. The predicted molar refractivity (Wildman–Crippen MR) is 80.0 cm³/mol. The lowest BCUT2D eigenvalue weighted by Crippen LogP contribution is -2.56. The second-order valence-corrected chi connectivity index (χ2v) is 5.53. The third-order valence-corrected chi connectivity index (χ3v) is 4.23. The topological polar surface area (TPSA) is 33.7 Å². The summed E-state index contributed by atoms with van der Waals surface area (Å²) in [7, 11) is 3.39. The zero-order chi connectivity index (χ0) is 13.8. The second kappa shape index (κ2) is 6.59. The predicted octanol–water partition coefficient (Wildman–Crippen LogP) is 2.26. The molecule has 0 amide bonds. The first-order chi connectivity index (χ1) is 9.19. The number of hydrogen-bond acceptors (Lipinski definition) is 4. The number of rotatable bonds is 6. The van der Waals surface area contributed by atoms with E-state index in [-0.39, 0.29) is 0 Å². The van der Waals surface area contributed by atoms with Crippen LogP contribution in [0.2, 0.25) is 0 Å². The normalized spacial score (nSPS) is 15.4. The van der Waals surface area contributed by atoms with Gasteiger partial charge < -0.3 is 14.8 Å². The first kappa shape index (κ1) is 14.6. The Balaban J connectivity index is 2.21. The number of methoxy groups -OCH3 is 2. The summed E-state index contributed by atoms with van der Waals surface area (Å²) in [4.78, 5) is 2.46. The monoisotopic (exact) mass is 328 g/mol. The Morgan fingerprint density at radius 3 is 2.42 bits per heavy atom. The van der Waals surface area contributed by atoms with Gasteiger partial charge in [-0.3, -0.25) is 4.90 Å². The SMILES string of the molecule is CCN(Cc1cc(OC)c(Br)cc1OC)C1CNC1. The van der Waals surface area contributed by atoms with Crippen LogP contribution in [0.4, 0.5) is 0 Å². The first-order valence-corrected chi connectivity index (χ1v) is 7.34. The van der Waals surface area contributed by atoms with Crippen LogP contribution in [0.15, 0.2) is 16.6 Å². The summed E-state index contributed by atoms with van der Waals surface area (Å²) < 4.78 is 11.8. The van der Waals surface area contributed by atoms with E-state index in [4.69, 9.17) is 9.47 Å². The van der Waals surface area contributed by atoms with E-state index < -0.39 is 0 Å². The summed E-state index contributed by atoms with van der Waals surface area (Å²) >= 11 is 3.49. The van der Waals surface area contributed by atoms with E-state index in [0.717, 1.165) is 47.7 Å². The molecule has 106 valence electrons. The van der Waals surface area contributed by atoms with Crippen molar-refractivity contribution in [3.05, 3.63) is 22.2 Å². The van der Waals surface area contributed by atoms with Gasteiger partial charge >= 0.3 is 0 Å². The molecule has 1 N–H and O–H groups in total. The molecule has 1 aromatic carbocycles. The van der Waals surface area contributed by atoms with Crippen LogP contribution in [0, 0.1) is 0 Å². The third-order valence-electron chi connectivity index (χ3n) is 3.61. The molecule has 2 rings (SSSR count). The molecule has 0 spiro atoms. The maximum Gasteiger partial charge on any atom is 0.133 e. The van der Waals surface area contributed by atoms with Crippen LogP contribution >= 0.6 is 15.9 Å². The maximum absolute atomic E-state index is 5.47. The molecule has 5 heteroatoms. The van der Waals surface area contributed by atoms with Crippen molar-refractivity contribution in [3.8, 4) is 11.5 Å². The molecule has 0 aromatic heterocycles. The van der Waals surface area contributed by atoms with Crippen molar-refractivity contribution < 1.29 is 9.47 Å². The van der Waals surface area contributed by atoms with Gasteiger partial charge in [0, 0.05) is 31.2 Å². The van der Waals surface area contributed by atoms with E-state index in [1.165, 1.54) is 0 Å². The lowest BCUT2D eigenvalue weighted by Gasteiger charge is -2.37. The number of hydrogen-bond donors (Lipinski definition) is 1. The lowest BCUT2D eigenvalue weighted by atomic mass is 10.1. The minimum absolute atomic E-state index is 0.629. The van der Waals surface area contributed by atoms with Crippen molar-refractivity contribution in [1.29, 1.82) is 0 Å². The van der Waals surface area contributed by atoms with Gasteiger partial charge in [-0.05, 0) is 34.6 Å². The Labute approximate surface area is 123 Å². The van der Waals surface area contributed by atoms with Crippen LogP contribution in [-0.4, -0.2) is 44.8 Å². The highest BCUT2D eigenvalue weighted by Crippen LogP contribution is 2.33. The van der Waals surface area contributed by atoms with Crippen molar-refractivity contribution in [2.75, 3.05) is 33.9 Å². The average Bonchev–Trinajstić information content (AvgIpc) is 2.37. The number of benzene rings is 1. The average molecular weight is 329 g/mol. The molecule has 1 aliphatic heterocycles. The molecule has 0 radical (unpaired) electrons. The molecule has 4 nitrogen and oxygen atoms in total. The Kier molecular flexibility index (Phi) is 5.07. The highest BCUT2D eigenvalue weighted by atomic mass is 79.9. The molecule has 1 aromatic rings. The fourth-order valence-electron chi connectivity index (χ4n) is 2.30. The van der Waals surface area contributed by atoms with Gasteiger partial charge in [0.15, 0.2) is 0 Å². The van der Waals surface area contributed by atoms with Crippen molar-refractivity contribution in [1.82, 2.24) is 10.2 Å². The van der Waals surface area contributed by atoms with Gasteiger partial charge in [-0.15, -0.1) is 0 Å². The number of nitrogens with one attached hydrogen (secondary N) is 1. The van der Waals surface area contributed by atoms with Gasteiger partial charge in [-0.25, -0.2) is 0 Å². The number of ether oxygens (including phenoxy) is 2. The van der Waals surface area contributed by atoms with Crippen molar-refractivity contribution in [3.63, 3.8) is 0 Å². The van der Waals surface area contributed by atoms with Gasteiger partial charge in [0.1, 0.15) is 11.5 Å². The fourth-order valence-corrected chi connectivity index (χ4v) is 2.78. The Bertz CT molecular complexity index is 436. The molecule has 1 aliphatic rings. The van der Waals surface area contributed by atoms with E-state index in [2.05, 4.69) is 39.1 Å². The minimum Gasteiger partial charge on any atom is -0.496 e. The molecule has 1 fully saturated rings. The Hall–Kier alpha value is -0.780. The standard InChI is InChI=1S/C14H21BrN2O2/c1-4-17(11-7-16-8-11)9-10-5-14(19-3)12(15)6-13(10)18-2/h5-6,11,16H,4,7-9H2,1-3H3. The van der Waals surface area contributed by atoms with Gasteiger partial charge in [-0.2, -0.15) is 0 Å². The van der Waals surface area contributed by atoms with Crippen molar-refractivity contribution in [2.24, 2.45) is 0 Å². The molecular formula is C14H21BrN2O2. The Morgan fingerprint density at radius 2 is 1.95 bits per heavy atom. The van der Waals surface area contributed by atoms with E-state index in [1.807, 2.05) is 6.07 Å². The molecule has 0 unspecified atom stereocenters. The summed E-state index contributed by atoms with van der Waals surface area (Å²) in [6, 6.07) is 4.66. The summed E-state index contributed by atoms with van der Waals surface area (Å²) in [6.45, 7) is 6.26. The van der Waals surface area contributed by atoms with Crippen molar-refractivity contribution >= 4 is 15.9 Å². The molecule has 0 saturated carbocycles. The molecule has 19 heavy (non-hydrogen) atoms. The van der Waals surface area contributed by atoms with Gasteiger partial charge in [0.25, 0.3) is 0 Å². The van der Waals surface area contributed by atoms with Crippen LogP contribution in [0.3, 0.4) is 0 Å². The summed E-state index contributed by atoms with van der Waals surface area (Å²) in [5.41, 5.74) is 1.16. The molecule has 1 saturated heterocycles. The smallest absolute Gasteiger partial charge is 0.133 e. The summed E-state index contributed by atoms with van der Waals surface area (Å²) in [5, 5.41) is 3.32.